The van der Waals surface area contributed by atoms with Crippen molar-refractivity contribution in [3.63, 3.8) is 0 Å². The van der Waals surface area contributed by atoms with Gasteiger partial charge in [-0.05, 0) is 52.3 Å². The predicted molar refractivity (Wildman–Crippen MR) is 81.5 cm³/mol. The first-order valence-electron chi connectivity index (χ1n) is 5.19. The third-order valence-corrected chi connectivity index (χ3v) is 3.40. The summed E-state index contributed by atoms with van der Waals surface area (Å²) in [6.45, 7) is 0. The van der Waals surface area contributed by atoms with Gasteiger partial charge in [0.25, 0.3) is 0 Å². The zero-order chi connectivity index (χ0) is 14.0. The van der Waals surface area contributed by atoms with Crippen LogP contribution in [-0.2, 0) is 0 Å². The third kappa shape index (κ3) is 3.43. The molecule has 0 bridgehead atoms. The van der Waals surface area contributed by atoms with Gasteiger partial charge in [-0.25, -0.2) is 4.39 Å². The Hall–Kier alpha value is -1.17. The molecule has 0 aromatic heterocycles. The van der Waals surface area contributed by atoms with Crippen LogP contribution in [0.25, 0.3) is 0 Å². The van der Waals surface area contributed by atoms with Crippen LogP contribution in [0.2, 0.25) is 5.02 Å². The Labute approximate surface area is 128 Å². The fourth-order valence-corrected chi connectivity index (χ4v) is 2.38. The molecule has 2 nitrogen and oxygen atoms in total. The van der Waals surface area contributed by atoms with Gasteiger partial charge in [-0.15, -0.1) is 0 Å². The van der Waals surface area contributed by atoms with Gasteiger partial charge < -0.3 is 10.5 Å². The zero-order valence-electron chi connectivity index (χ0n) is 9.49. The average molecular weight is 361 g/mol. The van der Waals surface area contributed by atoms with Crippen molar-refractivity contribution >= 4 is 44.7 Å². The topological polar surface area (TPSA) is 35.2 Å². The first-order valence-corrected chi connectivity index (χ1v) is 6.77. The Morgan fingerprint density at radius 3 is 2.53 bits per heavy atom. The third-order valence-electron chi connectivity index (χ3n) is 2.32. The molecule has 6 heteroatoms. The molecule has 19 heavy (non-hydrogen) atoms. The molecule has 0 aliphatic heterocycles. The van der Waals surface area contributed by atoms with Crippen LogP contribution in [0.4, 0.5) is 4.39 Å². The minimum atomic E-state index is -0.426. The van der Waals surface area contributed by atoms with Crippen molar-refractivity contribution in [2.75, 3.05) is 0 Å². The SMILES string of the molecule is NC(=S)c1cc(F)ccc1Oc1ccc(Cl)cc1Br. The molecule has 0 fully saturated rings. The lowest BCUT2D eigenvalue weighted by molar-refractivity contribution is 0.476. The van der Waals surface area contributed by atoms with Crippen molar-refractivity contribution in [2.45, 2.75) is 0 Å². The summed E-state index contributed by atoms with van der Waals surface area (Å²) in [5.74, 6) is 0.496. The highest BCUT2D eigenvalue weighted by Crippen LogP contribution is 2.33. The lowest BCUT2D eigenvalue weighted by atomic mass is 10.2. The largest absolute Gasteiger partial charge is 0.455 e. The van der Waals surface area contributed by atoms with E-state index >= 15 is 0 Å². The van der Waals surface area contributed by atoms with E-state index in [0.717, 1.165) is 0 Å². The van der Waals surface area contributed by atoms with Crippen LogP contribution in [0.5, 0.6) is 11.5 Å². The quantitative estimate of drug-likeness (QED) is 0.808. The lowest BCUT2D eigenvalue weighted by Gasteiger charge is -2.11. The Kier molecular flexibility index (Phi) is 4.39. The molecule has 0 spiro atoms. The summed E-state index contributed by atoms with van der Waals surface area (Å²) in [6, 6.07) is 9.07. The molecule has 0 saturated carbocycles. The predicted octanol–water partition coefficient (Wildman–Crippen LogP) is 4.67. The van der Waals surface area contributed by atoms with Crippen molar-refractivity contribution in [3.05, 3.63) is 57.3 Å². The molecule has 0 unspecified atom stereocenters. The van der Waals surface area contributed by atoms with Crippen molar-refractivity contribution in [1.29, 1.82) is 0 Å². The Balaban J connectivity index is 2.40. The van der Waals surface area contributed by atoms with E-state index in [4.69, 9.17) is 34.3 Å². The van der Waals surface area contributed by atoms with E-state index < -0.39 is 5.82 Å². The second-order valence-corrected chi connectivity index (χ2v) is 5.41. The van der Waals surface area contributed by atoms with Gasteiger partial charge in [0.2, 0.25) is 0 Å². The lowest BCUT2D eigenvalue weighted by Crippen LogP contribution is -2.11. The van der Waals surface area contributed by atoms with Crippen LogP contribution in [0.3, 0.4) is 0 Å². The molecule has 0 radical (unpaired) electrons. The maximum Gasteiger partial charge on any atom is 0.141 e. The number of ether oxygens (including phenoxy) is 1. The summed E-state index contributed by atoms with van der Waals surface area (Å²) in [5.41, 5.74) is 5.90. The summed E-state index contributed by atoms with van der Waals surface area (Å²) in [4.78, 5) is 0.0691. The smallest absolute Gasteiger partial charge is 0.141 e. The van der Waals surface area contributed by atoms with E-state index in [-0.39, 0.29) is 4.99 Å². The number of nitrogens with two attached hydrogens (primary N) is 1. The molecule has 2 aromatic rings. The molecule has 0 saturated heterocycles. The van der Waals surface area contributed by atoms with Crippen LogP contribution in [0.1, 0.15) is 5.56 Å². The van der Waals surface area contributed by atoms with Gasteiger partial charge in [-0.2, -0.15) is 0 Å². The molecule has 98 valence electrons. The van der Waals surface area contributed by atoms with Crippen LogP contribution in [-0.4, -0.2) is 4.99 Å². The van der Waals surface area contributed by atoms with E-state index in [1.807, 2.05) is 0 Å². The average Bonchev–Trinajstić information content (AvgIpc) is 2.34. The Bertz CT molecular complexity index is 651. The molecule has 2 rings (SSSR count). The molecule has 2 aromatic carbocycles. The standard InChI is InChI=1S/C13H8BrClFNOS/c14-10-5-7(15)1-3-12(10)18-11-4-2-8(16)6-9(11)13(17)19/h1-6H,(H2,17,19). The fraction of sp³-hybridized carbons (Fsp3) is 0. The van der Waals surface area contributed by atoms with Crippen LogP contribution >= 0.6 is 39.7 Å². The van der Waals surface area contributed by atoms with E-state index in [1.165, 1.54) is 18.2 Å². The zero-order valence-corrected chi connectivity index (χ0v) is 12.7. The van der Waals surface area contributed by atoms with E-state index in [0.29, 0.717) is 26.6 Å². The second-order valence-electron chi connectivity index (χ2n) is 3.68. The molecule has 0 aliphatic rings. The van der Waals surface area contributed by atoms with E-state index in [2.05, 4.69) is 15.9 Å². The molecule has 0 heterocycles. The van der Waals surface area contributed by atoms with Crippen molar-refractivity contribution < 1.29 is 9.13 Å². The highest BCUT2D eigenvalue weighted by molar-refractivity contribution is 9.10. The minimum absolute atomic E-state index is 0.0691. The van der Waals surface area contributed by atoms with Crippen molar-refractivity contribution in [3.8, 4) is 11.5 Å². The fourth-order valence-electron chi connectivity index (χ4n) is 1.46. The molecular weight excluding hydrogens is 353 g/mol. The van der Waals surface area contributed by atoms with Gasteiger partial charge in [0.05, 0.1) is 10.0 Å². The molecule has 0 atom stereocenters. The number of benzene rings is 2. The molecule has 0 amide bonds. The molecule has 2 N–H and O–H groups in total. The summed E-state index contributed by atoms with van der Waals surface area (Å²) in [6.07, 6.45) is 0. The second kappa shape index (κ2) is 5.86. The maximum atomic E-state index is 13.2. The van der Waals surface area contributed by atoms with Crippen LogP contribution in [0.15, 0.2) is 40.9 Å². The number of hydrogen-bond donors (Lipinski definition) is 1. The van der Waals surface area contributed by atoms with Gasteiger partial charge in [0.15, 0.2) is 0 Å². The first kappa shape index (κ1) is 14.2. The monoisotopic (exact) mass is 359 g/mol. The molecular formula is C13H8BrClFNOS. The first-order chi connectivity index (χ1) is 8.97. The van der Waals surface area contributed by atoms with Crippen molar-refractivity contribution in [1.82, 2.24) is 0 Å². The Morgan fingerprint density at radius 1 is 1.21 bits per heavy atom. The van der Waals surface area contributed by atoms with E-state index in [1.54, 1.807) is 18.2 Å². The van der Waals surface area contributed by atoms with Crippen molar-refractivity contribution in [2.24, 2.45) is 5.73 Å². The summed E-state index contributed by atoms with van der Waals surface area (Å²) < 4.78 is 19.5. The van der Waals surface area contributed by atoms with Gasteiger partial charge >= 0.3 is 0 Å². The Morgan fingerprint density at radius 2 is 1.89 bits per heavy atom. The van der Waals surface area contributed by atoms with Gasteiger partial charge in [0, 0.05) is 5.02 Å². The van der Waals surface area contributed by atoms with Crippen LogP contribution < -0.4 is 10.5 Å². The number of rotatable bonds is 3. The highest BCUT2D eigenvalue weighted by atomic mass is 79.9. The normalized spacial score (nSPS) is 10.3. The highest BCUT2D eigenvalue weighted by Gasteiger charge is 2.11. The summed E-state index contributed by atoms with van der Waals surface area (Å²) in [7, 11) is 0. The number of halogens is 3. The number of thiocarbonyl (C=S) groups is 1. The van der Waals surface area contributed by atoms with E-state index in [9.17, 15) is 4.39 Å². The van der Waals surface area contributed by atoms with Gasteiger partial charge in [-0.1, -0.05) is 23.8 Å². The number of hydrogen-bond acceptors (Lipinski definition) is 2. The summed E-state index contributed by atoms with van der Waals surface area (Å²) >= 11 is 14.1. The summed E-state index contributed by atoms with van der Waals surface area (Å²) in [5, 5.41) is 0.577. The van der Waals surface area contributed by atoms with Gasteiger partial charge in [0.1, 0.15) is 22.3 Å². The maximum absolute atomic E-state index is 13.2. The minimum Gasteiger partial charge on any atom is -0.455 e. The van der Waals surface area contributed by atoms with Gasteiger partial charge in [-0.3, -0.25) is 0 Å². The molecule has 0 aliphatic carbocycles. The van der Waals surface area contributed by atoms with Crippen LogP contribution in [0, 0.1) is 5.82 Å².